The van der Waals surface area contributed by atoms with Crippen molar-refractivity contribution in [2.24, 2.45) is 5.73 Å². The molecule has 5 nitrogen and oxygen atoms in total. The van der Waals surface area contributed by atoms with E-state index < -0.39 is 10.0 Å². The van der Waals surface area contributed by atoms with E-state index in [0.717, 1.165) is 0 Å². The first-order chi connectivity index (χ1) is 7.57. The summed E-state index contributed by atoms with van der Waals surface area (Å²) in [6.07, 6.45) is 0. The average Bonchev–Trinajstić information content (AvgIpc) is 2.28. The highest BCUT2D eigenvalue weighted by molar-refractivity contribution is 7.92. The molecule has 90 valence electrons. The highest BCUT2D eigenvalue weighted by Crippen LogP contribution is 2.16. The molecule has 1 aromatic carbocycles. The van der Waals surface area contributed by atoms with Gasteiger partial charge in [0, 0.05) is 12.2 Å². The molecule has 1 aromatic rings. The number of benzene rings is 1. The summed E-state index contributed by atoms with van der Waals surface area (Å²) in [4.78, 5) is 0. The van der Waals surface area contributed by atoms with Gasteiger partial charge in [-0.1, -0.05) is 0 Å². The lowest BCUT2D eigenvalue weighted by Gasteiger charge is -2.07. The third-order valence-electron chi connectivity index (χ3n) is 1.89. The van der Waals surface area contributed by atoms with Crippen molar-refractivity contribution < 1.29 is 13.2 Å². The van der Waals surface area contributed by atoms with Crippen molar-refractivity contribution in [2.45, 2.75) is 6.92 Å². The smallest absolute Gasteiger partial charge is 0.232 e. The van der Waals surface area contributed by atoms with Crippen LogP contribution in [-0.2, 0) is 10.0 Å². The topological polar surface area (TPSA) is 81.4 Å². The molecule has 0 spiro atoms. The monoisotopic (exact) mass is 244 g/mol. The Labute approximate surface area is 95.7 Å². The first-order valence-corrected chi connectivity index (χ1v) is 6.66. The zero-order valence-electron chi connectivity index (χ0n) is 9.14. The van der Waals surface area contributed by atoms with Crippen LogP contribution in [0, 0.1) is 0 Å². The molecule has 0 heterocycles. The second kappa shape index (κ2) is 5.72. The number of sulfonamides is 1. The van der Waals surface area contributed by atoms with Gasteiger partial charge >= 0.3 is 0 Å². The molecule has 0 unspecified atom stereocenters. The summed E-state index contributed by atoms with van der Waals surface area (Å²) in [5, 5.41) is 0. The minimum absolute atomic E-state index is 0.0540. The summed E-state index contributed by atoms with van der Waals surface area (Å²) in [5.41, 5.74) is 5.82. The number of nitrogens with one attached hydrogen (secondary N) is 1. The van der Waals surface area contributed by atoms with Crippen LogP contribution < -0.4 is 15.2 Å². The largest absolute Gasteiger partial charge is 0.492 e. The van der Waals surface area contributed by atoms with Gasteiger partial charge in [0.05, 0.1) is 5.75 Å². The molecular weight excluding hydrogens is 228 g/mol. The number of ether oxygens (including phenoxy) is 1. The lowest BCUT2D eigenvalue weighted by Crippen LogP contribution is -2.14. The Morgan fingerprint density at radius 3 is 2.44 bits per heavy atom. The summed E-state index contributed by atoms with van der Waals surface area (Å²) in [7, 11) is -3.21. The van der Waals surface area contributed by atoms with E-state index in [9.17, 15) is 8.42 Å². The first kappa shape index (κ1) is 12.8. The third-order valence-corrected chi connectivity index (χ3v) is 3.20. The Bertz CT molecular complexity index is 414. The van der Waals surface area contributed by atoms with E-state index in [4.69, 9.17) is 10.5 Å². The Morgan fingerprint density at radius 2 is 1.94 bits per heavy atom. The third kappa shape index (κ3) is 4.08. The van der Waals surface area contributed by atoms with Gasteiger partial charge in [-0.15, -0.1) is 0 Å². The van der Waals surface area contributed by atoms with E-state index in [2.05, 4.69) is 4.72 Å². The van der Waals surface area contributed by atoms with Crippen molar-refractivity contribution in [1.29, 1.82) is 0 Å². The maximum Gasteiger partial charge on any atom is 0.232 e. The fourth-order valence-electron chi connectivity index (χ4n) is 1.05. The molecule has 3 N–H and O–H groups in total. The molecule has 0 amide bonds. The quantitative estimate of drug-likeness (QED) is 0.775. The average molecular weight is 244 g/mol. The van der Waals surface area contributed by atoms with Crippen LogP contribution in [-0.4, -0.2) is 27.3 Å². The Hall–Kier alpha value is -1.27. The van der Waals surface area contributed by atoms with Gasteiger partial charge in [-0.05, 0) is 31.2 Å². The number of rotatable bonds is 6. The molecule has 0 aliphatic carbocycles. The van der Waals surface area contributed by atoms with Crippen molar-refractivity contribution in [1.82, 2.24) is 0 Å². The van der Waals surface area contributed by atoms with E-state index in [1.165, 1.54) is 0 Å². The molecule has 0 saturated carbocycles. The molecular formula is C10H16N2O3S. The maximum atomic E-state index is 11.3. The van der Waals surface area contributed by atoms with E-state index >= 15 is 0 Å². The number of nitrogens with two attached hydrogens (primary N) is 1. The minimum Gasteiger partial charge on any atom is -0.492 e. The molecule has 0 atom stereocenters. The molecule has 0 aliphatic heterocycles. The van der Waals surface area contributed by atoms with Crippen LogP contribution in [0.2, 0.25) is 0 Å². The predicted molar refractivity (Wildman–Crippen MR) is 64.1 cm³/mol. The van der Waals surface area contributed by atoms with E-state index in [1.54, 1.807) is 31.2 Å². The SMILES string of the molecule is CCS(=O)(=O)Nc1ccc(OCCN)cc1. The fraction of sp³-hybridized carbons (Fsp3) is 0.400. The summed E-state index contributed by atoms with van der Waals surface area (Å²) in [6, 6.07) is 6.70. The van der Waals surface area contributed by atoms with Gasteiger partial charge in [0.1, 0.15) is 12.4 Å². The molecule has 0 aromatic heterocycles. The summed E-state index contributed by atoms with van der Waals surface area (Å²) < 4.78 is 30.2. The van der Waals surface area contributed by atoms with Gasteiger partial charge in [0.15, 0.2) is 0 Å². The minimum atomic E-state index is -3.21. The lowest BCUT2D eigenvalue weighted by molar-refractivity contribution is 0.328. The van der Waals surface area contributed by atoms with E-state index in [-0.39, 0.29) is 5.75 Å². The van der Waals surface area contributed by atoms with Gasteiger partial charge in [-0.3, -0.25) is 4.72 Å². The highest BCUT2D eigenvalue weighted by Gasteiger charge is 2.06. The molecule has 0 bridgehead atoms. The fourth-order valence-corrected chi connectivity index (χ4v) is 1.69. The molecule has 16 heavy (non-hydrogen) atoms. The number of hydrogen-bond donors (Lipinski definition) is 2. The normalized spacial score (nSPS) is 11.1. The van der Waals surface area contributed by atoms with Gasteiger partial charge in [-0.25, -0.2) is 8.42 Å². The van der Waals surface area contributed by atoms with Crippen LogP contribution in [0.3, 0.4) is 0 Å². The van der Waals surface area contributed by atoms with Crippen LogP contribution in [0.25, 0.3) is 0 Å². The summed E-state index contributed by atoms with van der Waals surface area (Å²) in [6.45, 7) is 2.48. The van der Waals surface area contributed by atoms with Crippen molar-refractivity contribution >= 4 is 15.7 Å². The van der Waals surface area contributed by atoms with Crippen LogP contribution >= 0.6 is 0 Å². The standard InChI is InChI=1S/C10H16N2O3S/c1-2-16(13,14)12-9-3-5-10(6-4-9)15-8-7-11/h3-6,12H,2,7-8,11H2,1H3. The number of anilines is 1. The second-order valence-corrected chi connectivity index (χ2v) is 5.18. The summed E-state index contributed by atoms with van der Waals surface area (Å²) >= 11 is 0. The second-order valence-electron chi connectivity index (χ2n) is 3.17. The first-order valence-electron chi connectivity index (χ1n) is 5.01. The molecule has 6 heteroatoms. The van der Waals surface area contributed by atoms with Crippen LogP contribution in [0.1, 0.15) is 6.92 Å². The Kier molecular flexibility index (Phi) is 4.57. The van der Waals surface area contributed by atoms with Crippen molar-refractivity contribution in [2.75, 3.05) is 23.6 Å². The van der Waals surface area contributed by atoms with Crippen LogP contribution in [0.4, 0.5) is 5.69 Å². The van der Waals surface area contributed by atoms with Crippen LogP contribution in [0.15, 0.2) is 24.3 Å². The highest BCUT2D eigenvalue weighted by atomic mass is 32.2. The van der Waals surface area contributed by atoms with E-state index in [0.29, 0.717) is 24.6 Å². The van der Waals surface area contributed by atoms with Gasteiger partial charge < -0.3 is 10.5 Å². The van der Waals surface area contributed by atoms with Gasteiger partial charge in [-0.2, -0.15) is 0 Å². The Balaban J connectivity index is 2.65. The predicted octanol–water partition coefficient (Wildman–Crippen LogP) is 0.786. The molecule has 0 fully saturated rings. The van der Waals surface area contributed by atoms with Gasteiger partial charge in [0.25, 0.3) is 0 Å². The molecule has 1 rings (SSSR count). The lowest BCUT2D eigenvalue weighted by atomic mass is 10.3. The van der Waals surface area contributed by atoms with Crippen LogP contribution in [0.5, 0.6) is 5.75 Å². The molecule has 0 radical (unpaired) electrons. The Morgan fingerprint density at radius 1 is 1.31 bits per heavy atom. The maximum absolute atomic E-state index is 11.3. The zero-order chi connectivity index (χ0) is 12.0. The van der Waals surface area contributed by atoms with E-state index in [1.807, 2.05) is 0 Å². The van der Waals surface area contributed by atoms with Crippen molar-refractivity contribution in [3.63, 3.8) is 0 Å². The number of hydrogen-bond acceptors (Lipinski definition) is 4. The van der Waals surface area contributed by atoms with Crippen molar-refractivity contribution in [3.05, 3.63) is 24.3 Å². The van der Waals surface area contributed by atoms with Crippen molar-refractivity contribution in [3.8, 4) is 5.75 Å². The summed E-state index contributed by atoms with van der Waals surface area (Å²) in [5.74, 6) is 0.725. The molecule has 0 saturated heterocycles. The van der Waals surface area contributed by atoms with Gasteiger partial charge in [0.2, 0.25) is 10.0 Å². The molecule has 0 aliphatic rings. The zero-order valence-corrected chi connectivity index (χ0v) is 9.96.